The summed E-state index contributed by atoms with van der Waals surface area (Å²) in [6.45, 7) is 2.05. The molecule has 2 saturated heterocycles. The Bertz CT molecular complexity index is 818. The summed E-state index contributed by atoms with van der Waals surface area (Å²) < 4.78 is 0. The molecule has 9 nitrogen and oxygen atoms in total. The van der Waals surface area contributed by atoms with E-state index in [1.54, 1.807) is 6.20 Å². The Kier molecular flexibility index (Phi) is 3.09. The lowest BCUT2D eigenvalue weighted by atomic mass is 9.93. The van der Waals surface area contributed by atoms with Gasteiger partial charge in [-0.05, 0) is 18.9 Å². The molecule has 2 aliphatic heterocycles. The molecule has 0 radical (unpaired) electrons. The predicted octanol–water partition coefficient (Wildman–Crippen LogP) is 1.62. The summed E-state index contributed by atoms with van der Waals surface area (Å²) in [5.74, 6) is 3.07. The molecule has 2 atom stereocenters. The maximum Gasteiger partial charge on any atom is 0.407 e. The van der Waals surface area contributed by atoms with Gasteiger partial charge >= 0.3 is 6.09 Å². The van der Waals surface area contributed by atoms with E-state index in [-0.39, 0.29) is 6.04 Å². The average molecular weight is 341 g/mol. The molecule has 9 heteroatoms. The van der Waals surface area contributed by atoms with Crippen LogP contribution in [0.15, 0.2) is 18.3 Å². The fraction of sp³-hybridized carbons (Fsp3) is 0.500. The van der Waals surface area contributed by atoms with E-state index in [0.717, 1.165) is 12.4 Å². The predicted molar refractivity (Wildman–Crippen MR) is 90.1 cm³/mol. The molecule has 5 rings (SSSR count). The summed E-state index contributed by atoms with van der Waals surface area (Å²) in [4.78, 5) is 23.6. The van der Waals surface area contributed by atoms with Crippen molar-refractivity contribution >= 4 is 23.7 Å². The number of fused-ring (bicyclic) bond motifs is 1. The van der Waals surface area contributed by atoms with E-state index in [1.165, 1.54) is 23.4 Å². The summed E-state index contributed by atoms with van der Waals surface area (Å²) in [6.07, 6.45) is 3.33. The van der Waals surface area contributed by atoms with Gasteiger partial charge in [-0.15, -0.1) is 0 Å². The van der Waals surface area contributed by atoms with E-state index >= 15 is 0 Å². The van der Waals surface area contributed by atoms with Gasteiger partial charge in [0.1, 0.15) is 5.82 Å². The number of carbonyl (C=O) groups is 1. The van der Waals surface area contributed by atoms with E-state index in [9.17, 15) is 4.79 Å². The Morgan fingerprint density at radius 2 is 2.16 bits per heavy atom. The molecule has 3 fully saturated rings. The number of aromatic amines is 1. The third-order valence-corrected chi connectivity index (χ3v) is 5.28. The normalized spacial score (nSPS) is 24.8. The molecule has 2 aromatic rings. The van der Waals surface area contributed by atoms with Crippen LogP contribution in [0.5, 0.6) is 0 Å². The molecule has 0 bridgehead atoms. The molecule has 3 aliphatic rings. The molecule has 4 heterocycles. The molecule has 1 aliphatic carbocycles. The molecule has 3 N–H and O–H groups in total. The molecular formula is C16H19N7O2. The quantitative estimate of drug-likeness (QED) is 0.775. The molecule has 130 valence electrons. The fourth-order valence-electron chi connectivity index (χ4n) is 3.73. The minimum atomic E-state index is -0.843. The van der Waals surface area contributed by atoms with Gasteiger partial charge in [0.25, 0.3) is 0 Å². The van der Waals surface area contributed by atoms with Crippen LogP contribution < -0.4 is 10.2 Å². The van der Waals surface area contributed by atoms with Crippen LogP contribution in [-0.4, -0.2) is 61.9 Å². The third-order valence-electron chi connectivity index (χ3n) is 5.28. The number of nitrogens with one attached hydrogen (secondary N) is 2. The van der Waals surface area contributed by atoms with E-state index in [4.69, 9.17) is 5.11 Å². The summed E-state index contributed by atoms with van der Waals surface area (Å²) >= 11 is 0. The third kappa shape index (κ3) is 2.55. The SMILES string of the molecule is O=C(O)N1C[C@H]2CN(c3nccc(Nc4cc(C5CC5)[nH]n4)n3)C[C@H]21. The zero-order valence-electron chi connectivity index (χ0n) is 13.6. The van der Waals surface area contributed by atoms with E-state index in [2.05, 4.69) is 30.4 Å². The largest absolute Gasteiger partial charge is 0.465 e. The number of H-pyrrole nitrogens is 1. The van der Waals surface area contributed by atoms with Crippen molar-refractivity contribution in [2.75, 3.05) is 29.9 Å². The minimum Gasteiger partial charge on any atom is -0.465 e. The van der Waals surface area contributed by atoms with E-state index < -0.39 is 6.09 Å². The molecule has 0 unspecified atom stereocenters. The lowest BCUT2D eigenvalue weighted by Crippen LogP contribution is -2.57. The monoisotopic (exact) mass is 341 g/mol. The highest BCUT2D eigenvalue weighted by Crippen LogP contribution is 2.39. The molecular weight excluding hydrogens is 322 g/mol. The highest BCUT2D eigenvalue weighted by atomic mass is 16.4. The first-order chi connectivity index (χ1) is 12.2. The molecule has 2 aromatic heterocycles. The van der Waals surface area contributed by atoms with Gasteiger partial charge in [-0.1, -0.05) is 0 Å². The van der Waals surface area contributed by atoms with Gasteiger partial charge in [0.2, 0.25) is 5.95 Å². The fourth-order valence-corrected chi connectivity index (χ4v) is 3.73. The van der Waals surface area contributed by atoms with Crippen LogP contribution in [0, 0.1) is 5.92 Å². The lowest BCUT2D eigenvalue weighted by Gasteiger charge is -2.40. The van der Waals surface area contributed by atoms with Gasteiger partial charge in [-0.2, -0.15) is 10.1 Å². The number of likely N-dealkylation sites (tertiary alicyclic amines) is 1. The van der Waals surface area contributed by atoms with Crippen molar-refractivity contribution in [1.29, 1.82) is 0 Å². The number of rotatable bonds is 4. The van der Waals surface area contributed by atoms with Gasteiger partial charge in [0.15, 0.2) is 5.82 Å². The van der Waals surface area contributed by atoms with Crippen LogP contribution in [-0.2, 0) is 0 Å². The van der Waals surface area contributed by atoms with Gasteiger partial charge in [-0.3, -0.25) is 5.10 Å². The zero-order valence-corrected chi connectivity index (χ0v) is 13.6. The second kappa shape index (κ2) is 5.33. The topological polar surface area (TPSA) is 110 Å². The summed E-state index contributed by atoms with van der Waals surface area (Å²) in [7, 11) is 0. The second-order valence-corrected chi connectivity index (χ2v) is 7.02. The summed E-state index contributed by atoms with van der Waals surface area (Å²) in [6, 6.07) is 3.90. The van der Waals surface area contributed by atoms with Gasteiger partial charge in [0.05, 0.1) is 6.04 Å². The maximum absolute atomic E-state index is 11.1. The Morgan fingerprint density at radius 3 is 2.96 bits per heavy atom. The number of hydrogen-bond acceptors (Lipinski definition) is 6. The Labute approximate surface area is 144 Å². The number of aromatic nitrogens is 4. The lowest BCUT2D eigenvalue weighted by molar-refractivity contribution is 0.0507. The zero-order chi connectivity index (χ0) is 17.0. The number of amides is 1. The van der Waals surface area contributed by atoms with Crippen LogP contribution >= 0.6 is 0 Å². The van der Waals surface area contributed by atoms with Gasteiger partial charge < -0.3 is 20.2 Å². The first kappa shape index (κ1) is 14.5. The van der Waals surface area contributed by atoms with Crippen molar-refractivity contribution in [3.8, 4) is 0 Å². The van der Waals surface area contributed by atoms with Crippen LogP contribution in [0.3, 0.4) is 0 Å². The van der Waals surface area contributed by atoms with Gasteiger partial charge in [-0.25, -0.2) is 9.78 Å². The van der Waals surface area contributed by atoms with Crippen molar-refractivity contribution in [3.63, 3.8) is 0 Å². The Balaban J connectivity index is 1.29. The molecule has 1 amide bonds. The van der Waals surface area contributed by atoms with Crippen molar-refractivity contribution in [2.24, 2.45) is 5.92 Å². The van der Waals surface area contributed by atoms with E-state index in [0.29, 0.717) is 36.7 Å². The summed E-state index contributed by atoms with van der Waals surface area (Å²) in [5, 5.41) is 19.7. The number of nitrogens with zero attached hydrogens (tertiary/aromatic N) is 5. The highest BCUT2D eigenvalue weighted by Gasteiger charge is 2.48. The Hall–Kier alpha value is -2.84. The number of hydrogen-bond donors (Lipinski definition) is 3. The smallest absolute Gasteiger partial charge is 0.407 e. The van der Waals surface area contributed by atoms with Gasteiger partial charge in [0, 0.05) is 49.4 Å². The highest BCUT2D eigenvalue weighted by molar-refractivity contribution is 5.67. The van der Waals surface area contributed by atoms with Crippen LogP contribution in [0.2, 0.25) is 0 Å². The average Bonchev–Trinajstić information content (AvgIpc) is 3.25. The van der Waals surface area contributed by atoms with Crippen molar-refractivity contribution in [1.82, 2.24) is 25.1 Å². The molecule has 0 aromatic carbocycles. The van der Waals surface area contributed by atoms with E-state index in [1.807, 2.05) is 12.1 Å². The number of carboxylic acid groups (broad SMARTS) is 1. The van der Waals surface area contributed by atoms with Crippen molar-refractivity contribution < 1.29 is 9.90 Å². The first-order valence-corrected chi connectivity index (χ1v) is 8.57. The van der Waals surface area contributed by atoms with Crippen LogP contribution in [0.25, 0.3) is 0 Å². The first-order valence-electron chi connectivity index (χ1n) is 8.57. The van der Waals surface area contributed by atoms with Crippen LogP contribution in [0.4, 0.5) is 22.4 Å². The van der Waals surface area contributed by atoms with Crippen molar-refractivity contribution in [2.45, 2.75) is 24.8 Å². The molecule has 1 saturated carbocycles. The summed E-state index contributed by atoms with van der Waals surface area (Å²) in [5.41, 5.74) is 1.17. The number of anilines is 3. The van der Waals surface area contributed by atoms with Crippen molar-refractivity contribution in [3.05, 3.63) is 24.0 Å². The maximum atomic E-state index is 11.1. The molecule has 25 heavy (non-hydrogen) atoms. The standard InChI is InChI=1S/C16H19N7O2/c24-16(25)23-7-10-6-22(8-12(10)23)15-17-4-3-13(19-15)18-14-5-11(20-21-14)9-1-2-9/h3-5,9-10,12H,1-2,6-8H2,(H,24,25)(H2,17,18,19,20,21)/t10-,12-/m1/s1. The Morgan fingerprint density at radius 1 is 1.28 bits per heavy atom. The molecule has 0 spiro atoms. The van der Waals surface area contributed by atoms with Crippen LogP contribution in [0.1, 0.15) is 24.5 Å². The second-order valence-electron chi connectivity index (χ2n) is 7.02. The minimum absolute atomic E-state index is 0.0603.